The van der Waals surface area contributed by atoms with E-state index in [4.69, 9.17) is 11.5 Å². The number of carbonyl (C=O) groups excluding carboxylic acids is 3. The summed E-state index contributed by atoms with van der Waals surface area (Å²) in [6.07, 6.45) is 3.60. The van der Waals surface area contributed by atoms with Crippen molar-refractivity contribution in [3.63, 3.8) is 0 Å². The van der Waals surface area contributed by atoms with Crippen molar-refractivity contribution in [2.24, 2.45) is 22.4 Å². The molecule has 1 aromatic carbocycles. The Morgan fingerprint density at radius 3 is 2.61 bits per heavy atom. The van der Waals surface area contributed by atoms with Gasteiger partial charge in [-0.15, -0.1) is 0 Å². The summed E-state index contributed by atoms with van der Waals surface area (Å²) < 4.78 is 0. The summed E-state index contributed by atoms with van der Waals surface area (Å²) in [6.45, 7) is 5.81. The van der Waals surface area contributed by atoms with Gasteiger partial charge in [-0.25, -0.2) is 0 Å². The van der Waals surface area contributed by atoms with Crippen LogP contribution in [0.15, 0.2) is 35.3 Å². The van der Waals surface area contributed by atoms with Gasteiger partial charge in [-0.2, -0.15) is 0 Å². The number of amides is 2. The van der Waals surface area contributed by atoms with E-state index in [9.17, 15) is 14.4 Å². The maximum Gasteiger partial charge on any atom is 0.243 e. The summed E-state index contributed by atoms with van der Waals surface area (Å²) in [4.78, 5) is 43.5. The molecular weight excluding hydrogens is 420 g/mol. The van der Waals surface area contributed by atoms with Gasteiger partial charge < -0.3 is 31.8 Å². The van der Waals surface area contributed by atoms with Gasteiger partial charge in [0.15, 0.2) is 5.96 Å². The largest absolute Gasteiger partial charge is 0.370 e. The topological polar surface area (TPSA) is 143 Å². The van der Waals surface area contributed by atoms with Crippen molar-refractivity contribution >= 4 is 24.1 Å². The molecule has 182 valence electrons. The lowest BCUT2D eigenvalue weighted by molar-refractivity contribution is -0.140. The van der Waals surface area contributed by atoms with Gasteiger partial charge in [-0.05, 0) is 50.1 Å². The first kappa shape index (κ1) is 26.3. The zero-order valence-corrected chi connectivity index (χ0v) is 19.7. The molecule has 1 aliphatic heterocycles. The van der Waals surface area contributed by atoms with Gasteiger partial charge in [0, 0.05) is 13.1 Å². The van der Waals surface area contributed by atoms with Crippen molar-refractivity contribution in [1.82, 2.24) is 15.5 Å². The molecule has 0 unspecified atom stereocenters. The Labute approximate surface area is 196 Å². The quantitative estimate of drug-likeness (QED) is 0.147. The van der Waals surface area contributed by atoms with Crippen molar-refractivity contribution in [2.45, 2.75) is 64.1 Å². The second kappa shape index (κ2) is 13.6. The minimum Gasteiger partial charge on any atom is -0.370 e. The molecule has 0 aromatic heterocycles. The Hall–Kier alpha value is -2.94. The molecular formula is C24H38N6O3. The lowest BCUT2D eigenvalue weighted by Gasteiger charge is -2.30. The zero-order chi connectivity index (χ0) is 24.2. The van der Waals surface area contributed by atoms with E-state index in [2.05, 4.69) is 29.5 Å². The molecule has 1 fully saturated rings. The third kappa shape index (κ3) is 8.84. The van der Waals surface area contributed by atoms with Crippen LogP contribution in [-0.4, -0.2) is 66.7 Å². The van der Waals surface area contributed by atoms with E-state index in [0.717, 1.165) is 18.3 Å². The van der Waals surface area contributed by atoms with Crippen molar-refractivity contribution in [2.75, 3.05) is 19.6 Å². The highest BCUT2D eigenvalue weighted by molar-refractivity contribution is 5.91. The zero-order valence-electron chi connectivity index (χ0n) is 19.7. The molecule has 1 aromatic rings. The maximum atomic E-state index is 13.5. The number of nitrogens with two attached hydrogens (primary N) is 2. The molecule has 9 heteroatoms. The SMILES string of the molecule is CC(C)CN[C@H](Cc1ccccc1)C(=O)N1CCC[C@H]1C(=O)N[C@H](C=O)CCCN=C(N)N. The Balaban J connectivity index is 2.03. The highest BCUT2D eigenvalue weighted by Crippen LogP contribution is 2.20. The number of benzene rings is 1. The van der Waals surface area contributed by atoms with Crippen LogP contribution in [0.1, 0.15) is 45.1 Å². The second-order valence-electron chi connectivity index (χ2n) is 8.93. The summed E-state index contributed by atoms with van der Waals surface area (Å²) in [5.41, 5.74) is 11.7. The third-order valence-corrected chi connectivity index (χ3v) is 5.65. The van der Waals surface area contributed by atoms with Gasteiger partial charge in [0.05, 0.1) is 12.1 Å². The van der Waals surface area contributed by atoms with E-state index in [1.165, 1.54) is 0 Å². The molecule has 0 bridgehead atoms. The van der Waals surface area contributed by atoms with E-state index in [1.807, 2.05) is 30.3 Å². The standard InChI is InChI=1S/C24H38N6O3/c1-17(2)15-28-20(14-18-8-4-3-5-9-18)23(33)30-13-7-11-21(30)22(32)29-19(16-31)10-6-12-27-24(25)26/h3-5,8-9,16-17,19-21,28H,6-7,10-15H2,1-2H3,(H,29,32)(H4,25,26,27)/t19-,20+,21-/m0/s1. The molecule has 1 aliphatic rings. The number of aldehydes is 1. The van der Waals surface area contributed by atoms with Crippen molar-refractivity contribution in [3.05, 3.63) is 35.9 Å². The number of guanidine groups is 1. The molecule has 0 aliphatic carbocycles. The summed E-state index contributed by atoms with van der Waals surface area (Å²) in [7, 11) is 0. The molecule has 2 amide bonds. The van der Waals surface area contributed by atoms with Crippen LogP contribution in [-0.2, 0) is 20.8 Å². The van der Waals surface area contributed by atoms with Crippen LogP contribution in [0.3, 0.4) is 0 Å². The average molecular weight is 459 g/mol. The minimum absolute atomic E-state index is 0.00192. The summed E-state index contributed by atoms with van der Waals surface area (Å²) >= 11 is 0. The fourth-order valence-electron chi connectivity index (χ4n) is 3.95. The lowest BCUT2D eigenvalue weighted by atomic mass is 10.0. The van der Waals surface area contributed by atoms with Crippen LogP contribution >= 0.6 is 0 Å². The normalized spacial score (nSPS) is 17.4. The lowest BCUT2D eigenvalue weighted by Crippen LogP contribution is -2.54. The number of rotatable bonds is 13. The van der Waals surface area contributed by atoms with Crippen molar-refractivity contribution < 1.29 is 14.4 Å². The summed E-state index contributed by atoms with van der Waals surface area (Å²) in [6, 6.07) is 8.25. The Kier molecular flexibility index (Phi) is 10.8. The number of hydrogen-bond donors (Lipinski definition) is 4. The van der Waals surface area contributed by atoms with E-state index in [-0.39, 0.29) is 17.8 Å². The van der Waals surface area contributed by atoms with Crippen LogP contribution in [0.2, 0.25) is 0 Å². The molecule has 3 atom stereocenters. The summed E-state index contributed by atoms with van der Waals surface area (Å²) in [5, 5.41) is 6.18. The van der Waals surface area contributed by atoms with Crippen molar-refractivity contribution in [1.29, 1.82) is 0 Å². The van der Waals surface area contributed by atoms with E-state index in [0.29, 0.717) is 51.2 Å². The molecule has 1 saturated heterocycles. The van der Waals surface area contributed by atoms with Gasteiger partial charge in [0.1, 0.15) is 12.3 Å². The van der Waals surface area contributed by atoms with Crippen LogP contribution in [0, 0.1) is 5.92 Å². The number of likely N-dealkylation sites (tertiary alicyclic amines) is 1. The Bertz CT molecular complexity index is 795. The molecule has 33 heavy (non-hydrogen) atoms. The highest BCUT2D eigenvalue weighted by atomic mass is 16.2. The number of hydrogen-bond acceptors (Lipinski definition) is 5. The molecule has 6 N–H and O–H groups in total. The Morgan fingerprint density at radius 2 is 1.97 bits per heavy atom. The minimum atomic E-state index is -0.636. The molecule has 0 radical (unpaired) electrons. The predicted octanol–water partition coefficient (Wildman–Crippen LogP) is 0.572. The Morgan fingerprint density at radius 1 is 1.24 bits per heavy atom. The van der Waals surface area contributed by atoms with E-state index < -0.39 is 18.1 Å². The van der Waals surface area contributed by atoms with Gasteiger partial charge in [0.25, 0.3) is 0 Å². The van der Waals surface area contributed by atoms with Crippen LogP contribution in [0.25, 0.3) is 0 Å². The third-order valence-electron chi connectivity index (χ3n) is 5.65. The van der Waals surface area contributed by atoms with E-state index in [1.54, 1.807) is 4.90 Å². The highest BCUT2D eigenvalue weighted by Gasteiger charge is 2.37. The number of carbonyl (C=O) groups is 3. The first-order valence-electron chi connectivity index (χ1n) is 11.7. The smallest absolute Gasteiger partial charge is 0.243 e. The van der Waals surface area contributed by atoms with Crippen LogP contribution in [0.5, 0.6) is 0 Å². The molecule has 0 spiro atoms. The fraction of sp³-hybridized carbons (Fsp3) is 0.583. The summed E-state index contributed by atoms with van der Waals surface area (Å²) in [5.74, 6) is 0.0219. The van der Waals surface area contributed by atoms with Gasteiger partial charge >= 0.3 is 0 Å². The average Bonchev–Trinajstić information content (AvgIpc) is 3.28. The molecule has 9 nitrogen and oxygen atoms in total. The molecule has 0 saturated carbocycles. The predicted molar refractivity (Wildman–Crippen MR) is 129 cm³/mol. The van der Waals surface area contributed by atoms with Gasteiger partial charge in [0.2, 0.25) is 11.8 Å². The maximum absolute atomic E-state index is 13.5. The number of nitrogens with zero attached hydrogens (tertiary/aromatic N) is 2. The van der Waals surface area contributed by atoms with E-state index >= 15 is 0 Å². The monoisotopic (exact) mass is 458 g/mol. The number of nitrogens with one attached hydrogen (secondary N) is 2. The number of aliphatic imine (C=N–C) groups is 1. The van der Waals surface area contributed by atoms with Gasteiger partial charge in [-0.1, -0.05) is 44.2 Å². The second-order valence-corrected chi connectivity index (χ2v) is 8.93. The first-order chi connectivity index (χ1) is 15.8. The molecule has 1 heterocycles. The molecule has 2 rings (SSSR count). The van der Waals surface area contributed by atoms with Gasteiger partial charge in [-0.3, -0.25) is 14.6 Å². The van der Waals surface area contributed by atoms with Crippen LogP contribution < -0.4 is 22.1 Å². The first-order valence-corrected chi connectivity index (χ1v) is 11.7. The fourth-order valence-corrected chi connectivity index (χ4v) is 3.95. The van der Waals surface area contributed by atoms with Crippen LogP contribution in [0.4, 0.5) is 0 Å². The van der Waals surface area contributed by atoms with Crippen molar-refractivity contribution in [3.8, 4) is 0 Å².